The van der Waals surface area contributed by atoms with Crippen LogP contribution in [-0.4, -0.2) is 19.8 Å². The van der Waals surface area contributed by atoms with Gasteiger partial charge in [-0.25, -0.2) is 0 Å². The van der Waals surface area contributed by atoms with Crippen LogP contribution in [0.2, 0.25) is 0 Å². The van der Waals surface area contributed by atoms with Gasteiger partial charge >= 0.3 is 0 Å². The summed E-state index contributed by atoms with van der Waals surface area (Å²) in [6.07, 6.45) is 1.70. The molecule has 0 radical (unpaired) electrons. The van der Waals surface area contributed by atoms with E-state index in [4.69, 9.17) is 4.42 Å². The summed E-state index contributed by atoms with van der Waals surface area (Å²) in [5.41, 5.74) is 0. The minimum Gasteiger partial charge on any atom is -0.449 e. The van der Waals surface area contributed by atoms with Crippen LogP contribution in [0.3, 0.4) is 0 Å². The van der Waals surface area contributed by atoms with Crippen molar-refractivity contribution in [3.63, 3.8) is 0 Å². The van der Waals surface area contributed by atoms with Gasteiger partial charge in [-0.15, -0.1) is 0 Å². The van der Waals surface area contributed by atoms with Crippen molar-refractivity contribution < 1.29 is 4.42 Å². The molecule has 1 saturated heterocycles. The lowest BCUT2D eigenvalue weighted by molar-refractivity contribution is 0.556. The van der Waals surface area contributed by atoms with E-state index < -0.39 is 0 Å². The molecule has 0 saturated carbocycles. The second-order valence-electron chi connectivity index (χ2n) is 2.37. The molecule has 0 unspecified atom stereocenters. The molecule has 0 spiro atoms. The van der Waals surface area contributed by atoms with E-state index in [-0.39, 0.29) is 0 Å². The molecule has 0 amide bonds. The predicted octanol–water partition coefficient (Wildman–Crippen LogP) is 0.647. The Morgan fingerprint density at radius 3 is 3.20 bits per heavy atom. The number of rotatable bonds is 1. The molecule has 1 aliphatic heterocycles. The number of hydrogen-bond donors (Lipinski definition) is 1. The van der Waals surface area contributed by atoms with Gasteiger partial charge in [-0.1, -0.05) is 0 Å². The molecule has 10 heavy (non-hydrogen) atoms. The highest BCUT2D eigenvalue weighted by Crippen LogP contribution is 2.14. The van der Waals surface area contributed by atoms with Gasteiger partial charge in [0.05, 0.1) is 12.9 Å². The van der Waals surface area contributed by atoms with Gasteiger partial charge < -0.3 is 9.32 Å². The van der Waals surface area contributed by atoms with Crippen LogP contribution < -0.4 is 10.2 Å². The molecule has 0 bridgehead atoms. The average molecular weight is 138 g/mol. The first kappa shape index (κ1) is 5.80. The Bertz CT molecular complexity index is 189. The van der Waals surface area contributed by atoms with Crippen molar-refractivity contribution in [1.82, 2.24) is 5.32 Å². The van der Waals surface area contributed by atoms with Crippen molar-refractivity contribution in [1.29, 1.82) is 0 Å². The van der Waals surface area contributed by atoms with Crippen LogP contribution in [0.5, 0.6) is 0 Å². The lowest BCUT2D eigenvalue weighted by Crippen LogP contribution is -2.20. The van der Waals surface area contributed by atoms with E-state index >= 15 is 0 Å². The second-order valence-corrected chi connectivity index (χ2v) is 2.37. The number of hydrogen-bond acceptors (Lipinski definition) is 3. The Morgan fingerprint density at radius 2 is 2.60 bits per heavy atom. The van der Waals surface area contributed by atoms with Crippen LogP contribution in [-0.2, 0) is 0 Å². The van der Waals surface area contributed by atoms with Gasteiger partial charge in [0, 0.05) is 19.2 Å². The second kappa shape index (κ2) is 2.34. The average Bonchev–Trinajstić information content (AvgIpc) is 2.59. The maximum Gasteiger partial charge on any atom is 0.196 e. The highest BCUT2D eigenvalue weighted by Gasteiger charge is 2.12. The van der Waals surface area contributed by atoms with E-state index in [2.05, 4.69) is 10.2 Å². The summed E-state index contributed by atoms with van der Waals surface area (Å²) in [6.45, 7) is 3.02. The monoisotopic (exact) mass is 138 g/mol. The van der Waals surface area contributed by atoms with Crippen molar-refractivity contribution >= 4 is 5.88 Å². The first-order chi connectivity index (χ1) is 4.97. The summed E-state index contributed by atoms with van der Waals surface area (Å²) < 4.78 is 5.20. The topological polar surface area (TPSA) is 28.4 Å². The quantitative estimate of drug-likeness (QED) is 0.617. The van der Waals surface area contributed by atoms with Crippen LogP contribution >= 0.6 is 0 Å². The van der Waals surface area contributed by atoms with Gasteiger partial charge in [-0.2, -0.15) is 0 Å². The summed E-state index contributed by atoms with van der Waals surface area (Å²) in [5.74, 6) is 0.963. The Labute approximate surface area is 59.6 Å². The number of nitrogens with one attached hydrogen (secondary N) is 1. The fourth-order valence-corrected chi connectivity index (χ4v) is 1.15. The van der Waals surface area contributed by atoms with Gasteiger partial charge in [0.15, 0.2) is 5.88 Å². The zero-order chi connectivity index (χ0) is 6.81. The van der Waals surface area contributed by atoms with Crippen molar-refractivity contribution in [2.24, 2.45) is 0 Å². The van der Waals surface area contributed by atoms with Gasteiger partial charge in [-0.3, -0.25) is 5.32 Å². The lowest BCUT2D eigenvalue weighted by atomic mass is 10.5. The fraction of sp³-hybridized carbons (Fsp3) is 0.429. The van der Waals surface area contributed by atoms with E-state index in [1.807, 2.05) is 12.1 Å². The third-order valence-electron chi connectivity index (χ3n) is 1.68. The summed E-state index contributed by atoms with van der Waals surface area (Å²) in [6, 6.07) is 3.89. The summed E-state index contributed by atoms with van der Waals surface area (Å²) in [4.78, 5) is 2.17. The normalized spacial score (nSPS) is 18.2. The Balaban J connectivity index is 2.12. The van der Waals surface area contributed by atoms with Crippen LogP contribution in [0.15, 0.2) is 22.8 Å². The molecule has 1 aromatic heterocycles. The highest BCUT2D eigenvalue weighted by atomic mass is 16.3. The van der Waals surface area contributed by atoms with Crippen molar-refractivity contribution in [3.05, 3.63) is 18.4 Å². The van der Waals surface area contributed by atoms with Crippen LogP contribution in [0.25, 0.3) is 0 Å². The number of nitrogens with zero attached hydrogens (tertiary/aromatic N) is 1. The molecule has 1 fully saturated rings. The van der Waals surface area contributed by atoms with Crippen molar-refractivity contribution in [2.75, 3.05) is 24.7 Å². The minimum absolute atomic E-state index is 0.910. The highest BCUT2D eigenvalue weighted by molar-refractivity contribution is 5.35. The molecule has 0 aromatic carbocycles. The summed E-state index contributed by atoms with van der Waals surface area (Å²) >= 11 is 0. The molecule has 3 nitrogen and oxygen atoms in total. The lowest BCUT2D eigenvalue weighted by Gasteiger charge is -2.10. The van der Waals surface area contributed by atoms with E-state index in [9.17, 15) is 0 Å². The molecular weight excluding hydrogens is 128 g/mol. The summed E-state index contributed by atoms with van der Waals surface area (Å²) in [7, 11) is 0. The molecule has 1 aromatic rings. The third kappa shape index (κ3) is 0.885. The SMILES string of the molecule is c1coc(N2CCNC2)c1. The smallest absolute Gasteiger partial charge is 0.196 e. The zero-order valence-corrected chi connectivity index (χ0v) is 5.71. The van der Waals surface area contributed by atoms with E-state index in [1.165, 1.54) is 0 Å². The maximum atomic E-state index is 5.20. The van der Waals surface area contributed by atoms with Crippen LogP contribution in [0, 0.1) is 0 Å². The molecule has 1 aliphatic rings. The molecule has 0 aliphatic carbocycles. The third-order valence-corrected chi connectivity index (χ3v) is 1.68. The maximum absolute atomic E-state index is 5.20. The zero-order valence-electron chi connectivity index (χ0n) is 5.71. The standard InChI is InChI=1S/C7H10N2O/c1-2-7(10-5-1)9-4-3-8-6-9/h1-2,5,8H,3-4,6H2. The first-order valence-electron chi connectivity index (χ1n) is 3.46. The first-order valence-corrected chi connectivity index (χ1v) is 3.46. The molecular formula is C7H10N2O. The number of furan rings is 1. The molecule has 1 N–H and O–H groups in total. The van der Waals surface area contributed by atoms with Gasteiger partial charge in [0.1, 0.15) is 0 Å². The van der Waals surface area contributed by atoms with Gasteiger partial charge in [-0.05, 0) is 6.07 Å². The molecule has 2 heterocycles. The molecule has 2 rings (SSSR count). The van der Waals surface area contributed by atoms with Crippen molar-refractivity contribution in [3.8, 4) is 0 Å². The van der Waals surface area contributed by atoms with E-state index in [0.717, 1.165) is 25.6 Å². The minimum atomic E-state index is 0.910. The van der Waals surface area contributed by atoms with E-state index in [1.54, 1.807) is 6.26 Å². The van der Waals surface area contributed by atoms with Gasteiger partial charge in [0.2, 0.25) is 0 Å². The molecule has 3 heteroatoms. The Hall–Kier alpha value is -0.960. The van der Waals surface area contributed by atoms with Crippen molar-refractivity contribution in [2.45, 2.75) is 0 Å². The Morgan fingerprint density at radius 1 is 1.60 bits per heavy atom. The largest absolute Gasteiger partial charge is 0.449 e. The fourth-order valence-electron chi connectivity index (χ4n) is 1.15. The molecule has 0 atom stereocenters. The van der Waals surface area contributed by atoms with Gasteiger partial charge in [0.25, 0.3) is 0 Å². The Kier molecular flexibility index (Phi) is 1.36. The van der Waals surface area contributed by atoms with Crippen LogP contribution in [0.1, 0.15) is 0 Å². The number of anilines is 1. The van der Waals surface area contributed by atoms with E-state index in [0.29, 0.717) is 0 Å². The summed E-state index contributed by atoms with van der Waals surface area (Å²) in [5, 5.41) is 3.23. The molecule has 54 valence electrons. The predicted molar refractivity (Wildman–Crippen MR) is 38.9 cm³/mol. The van der Waals surface area contributed by atoms with Crippen LogP contribution in [0.4, 0.5) is 5.88 Å².